The van der Waals surface area contributed by atoms with Crippen molar-refractivity contribution in [3.8, 4) is 0 Å². The lowest BCUT2D eigenvalue weighted by atomic mass is 9.78. The minimum atomic E-state index is 0.572. The van der Waals surface area contributed by atoms with Crippen LogP contribution in [0.5, 0.6) is 0 Å². The summed E-state index contributed by atoms with van der Waals surface area (Å²) in [5, 5.41) is 2.17. The quantitative estimate of drug-likeness (QED) is 0.865. The Morgan fingerprint density at radius 2 is 2.32 bits per heavy atom. The first kappa shape index (κ1) is 15.0. The third-order valence-electron chi connectivity index (χ3n) is 4.62. The van der Waals surface area contributed by atoms with Crippen molar-refractivity contribution in [2.75, 3.05) is 20.1 Å². The molecule has 0 amide bonds. The molecule has 1 saturated carbocycles. The van der Waals surface area contributed by atoms with E-state index in [1.807, 2.05) is 11.3 Å². The molecule has 0 saturated heterocycles. The molecular formula is C16H28N2S. The van der Waals surface area contributed by atoms with Crippen molar-refractivity contribution in [3.05, 3.63) is 22.4 Å². The first-order valence-corrected chi connectivity index (χ1v) is 8.51. The number of hydrogen-bond acceptors (Lipinski definition) is 3. The number of nitrogens with zero attached hydrogens (tertiary/aromatic N) is 1. The predicted molar refractivity (Wildman–Crippen MR) is 84.6 cm³/mol. The van der Waals surface area contributed by atoms with Crippen molar-refractivity contribution in [3.63, 3.8) is 0 Å². The van der Waals surface area contributed by atoms with E-state index in [0.717, 1.165) is 31.3 Å². The smallest absolute Gasteiger partial charge is 0.0243 e. The molecule has 1 aliphatic carbocycles. The van der Waals surface area contributed by atoms with Gasteiger partial charge in [0.2, 0.25) is 0 Å². The highest BCUT2D eigenvalue weighted by Gasteiger charge is 2.28. The van der Waals surface area contributed by atoms with Crippen LogP contribution < -0.4 is 5.73 Å². The molecule has 2 N–H and O–H groups in total. The van der Waals surface area contributed by atoms with E-state index < -0.39 is 0 Å². The van der Waals surface area contributed by atoms with Crippen LogP contribution in [0, 0.1) is 11.8 Å². The number of thiophene rings is 1. The molecule has 0 spiro atoms. The average Bonchev–Trinajstić information content (AvgIpc) is 2.90. The minimum Gasteiger partial charge on any atom is -0.329 e. The number of rotatable bonds is 6. The maximum Gasteiger partial charge on any atom is 0.0243 e. The molecule has 3 heteroatoms. The predicted octanol–water partition coefficient (Wildman–Crippen LogP) is 3.38. The molecule has 3 atom stereocenters. The summed E-state index contributed by atoms with van der Waals surface area (Å²) >= 11 is 1.86. The third-order valence-corrected chi connectivity index (χ3v) is 5.56. The Morgan fingerprint density at radius 1 is 1.47 bits per heavy atom. The van der Waals surface area contributed by atoms with E-state index in [4.69, 9.17) is 5.73 Å². The molecular weight excluding hydrogens is 252 g/mol. The second-order valence-corrected chi connectivity index (χ2v) is 7.18. The van der Waals surface area contributed by atoms with Crippen LogP contribution in [0.15, 0.2) is 17.5 Å². The zero-order chi connectivity index (χ0) is 13.7. The van der Waals surface area contributed by atoms with Gasteiger partial charge in [-0.3, -0.25) is 0 Å². The third kappa shape index (κ3) is 4.30. The maximum atomic E-state index is 6.06. The Hall–Kier alpha value is -0.380. The molecule has 1 aliphatic rings. The van der Waals surface area contributed by atoms with Gasteiger partial charge in [-0.05, 0) is 49.6 Å². The van der Waals surface area contributed by atoms with Gasteiger partial charge in [0, 0.05) is 24.0 Å². The summed E-state index contributed by atoms with van der Waals surface area (Å²) in [5.41, 5.74) is 6.06. The van der Waals surface area contributed by atoms with Crippen LogP contribution in [0.1, 0.15) is 37.5 Å². The molecule has 1 fully saturated rings. The second-order valence-electron chi connectivity index (χ2n) is 6.14. The molecule has 0 bridgehead atoms. The lowest BCUT2D eigenvalue weighted by molar-refractivity contribution is 0.132. The topological polar surface area (TPSA) is 29.3 Å². The summed E-state index contributed by atoms with van der Waals surface area (Å²) in [4.78, 5) is 3.99. The highest BCUT2D eigenvalue weighted by Crippen LogP contribution is 2.32. The van der Waals surface area contributed by atoms with Gasteiger partial charge < -0.3 is 10.6 Å². The number of likely N-dealkylation sites (N-methyl/N-ethyl adjacent to an activating group) is 1. The summed E-state index contributed by atoms with van der Waals surface area (Å²) < 4.78 is 0. The molecule has 0 aliphatic heterocycles. The maximum absolute atomic E-state index is 6.06. The lowest BCUT2D eigenvalue weighted by Gasteiger charge is -2.38. The van der Waals surface area contributed by atoms with Crippen molar-refractivity contribution < 1.29 is 0 Å². The van der Waals surface area contributed by atoms with Gasteiger partial charge >= 0.3 is 0 Å². The zero-order valence-electron chi connectivity index (χ0n) is 12.3. The fourth-order valence-corrected chi connectivity index (χ4v) is 4.17. The Labute approximate surface area is 122 Å². The van der Waals surface area contributed by atoms with Gasteiger partial charge in [-0.25, -0.2) is 0 Å². The average molecular weight is 280 g/mol. The van der Waals surface area contributed by atoms with E-state index in [9.17, 15) is 0 Å². The highest BCUT2D eigenvalue weighted by molar-refractivity contribution is 7.09. The normalized spacial score (nSPS) is 25.7. The van der Waals surface area contributed by atoms with Gasteiger partial charge in [-0.2, -0.15) is 0 Å². The molecule has 3 unspecified atom stereocenters. The van der Waals surface area contributed by atoms with E-state index >= 15 is 0 Å². The fraction of sp³-hybridized carbons (Fsp3) is 0.750. The molecule has 2 nitrogen and oxygen atoms in total. The van der Waals surface area contributed by atoms with Crippen molar-refractivity contribution in [2.24, 2.45) is 17.6 Å². The van der Waals surface area contributed by atoms with Gasteiger partial charge in [-0.15, -0.1) is 11.3 Å². The standard InChI is InChI=1S/C16H28N2S/c1-13-5-3-6-14(11-13)16(12-17)18(2)9-8-15-7-4-10-19-15/h4,7,10,13-14,16H,3,5-6,8-9,11-12,17H2,1-2H3. The van der Waals surface area contributed by atoms with Crippen LogP contribution in [0.25, 0.3) is 0 Å². The summed E-state index contributed by atoms with van der Waals surface area (Å²) in [6.45, 7) is 4.33. The number of nitrogens with two attached hydrogens (primary N) is 1. The van der Waals surface area contributed by atoms with E-state index in [0.29, 0.717) is 6.04 Å². The lowest BCUT2D eigenvalue weighted by Crippen LogP contribution is -2.45. The highest BCUT2D eigenvalue weighted by atomic mass is 32.1. The van der Waals surface area contributed by atoms with Crippen LogP contribution in [-0.4, -0.2) is 31.1 Å². The van der Waals surface area contributed by atoms with Crippen LogP contribution >= 0.6 is 11.3 Å². The fourth-order valence-electron chi connectivity index (χ4n) is 3.47. The van der Waals surface area contributed by atoms with Gasteiger partial charge in [0.25, 0.3) is 0 Å². The van der Waals surface area contributed by atoms with E-state index in [-0.39, 0.29) is 0 Å². The number of hydrogen-bond donors (Lipinski definition) is 1. The molecule has 1 aromatic heterocycles. The van der Waals surface area contributed by atoms with Crippen LogP contribution in [0.2, 0.25) is 0 Å². The molecule has 0 radical (unpaired) electrons. The molecule has 108 valence electrons. The summed E-state index contributed by atoms with van der Waals surface area (Å²) in [6, 6.07) is 4.95. The Bertz CT molecular complexity index is 350. The second kappa shape index (κ2) is 7.41. The summed E-state index contributed by atoms with van der Waals surface area (Å²) in [6.07, 6.45) is 6.70. The van der Waals surface area contributed by atoms with Crippen LogP contribution in [0.4, 0.5) is 0 Å². The molecule has 1 heterocycles. The molecule has 2 rings (SSSR count). The zero-order valence-corrected chi connectivity index (χ0v) is 13.2. The van der Waals surface area contributed by atoms with Crippen molar-refractivity contribution in [1.82, 2.24) is 4.90 Å². The van der Waals surface area contributed by atoms with Gasteiger partial charge in [0.05, 0.1) is 0 Å². The van der Waals surface area contributed by atoms with Crippen molar-refractivity contribution in [2.45, 2.75) is 45.1 Å². The molecule has 19 heavy (non-hydrogen) atoms. The van der Waals surface area contributed by atoms with Gasteiger partial charge in [0.15, 0.2) is 0 Å². The van der Waals surface area contributed by atoms with E-state index in [1.165, 1.54) is 30.6 Å². The van der Waals surface area contributed by atoms with Gasteiger partial charge in [-0.1, -0.05) is 25.8 Å². The Kier molecular flexibility index (Phi) is 5.86. The first-order valence-electron chi connectivity index (χ1n) is 7.63. The molecule has 0 aromatic carbocycles. The summed E-state index contributed by atoms with van der Waals surface area (Å²) in [5.74, 6) is 1.69. The van der Waals surface area contributed by atoms with Crippen LogP contribution in [-0.2, 0) is 6.42 Å². The Morgan fingerprint density at radius 3 is 2.95 bits per heavy atom. The Balaban J connectivity index is 1.85. The van der Waals surface area contributed by atoms with Crippen molar-refractivity contribution in [1.29, 1.82) is 0 Å². The first-order chi connectivity index (χ1) is 9.20. The van der Waals surface area contributed by atoms with E-state index in [1.54, 1.807) is 0 Å². The largest absolute Gasteiger partial charge is 0.329 e. The monoisotopic (exact) mass is 280 g/mol. The molecule has 1 aromatic rings. The van der Waals surface area contributed by atoms with Gasteiger partial charge in [0.1, 0.15) is 0 Å². The van der Waals surface area contributed by atoms with E-state index in [2.05, 4.69) is 36.4 Å². The van der Waals surface area contributed by atoms with Crippen molar-refractivity contribution >= 4 is 11.3 Å². The SMILES string of the molecule is CC1CCCC(C(CN)N(C)CCc2cccs2)C1. The van der Waals surface area contributed by atoms with Crippen LogP contribution in [0.3, 0.4) is 0 Å². The summed E-state index contributed by atoms with van der Waals surface area (Å²) in [7, 11) is 2.25. The minimum absolute atomic E-state index is 0.572.